The molecule has 3 fully saturated rings. The van der Waals surface area contributed by atoms with Gasteiger partial charge in [0, 0.05) is 20.5 Å². The molecule has 158 valence electrons. The molecular formula is C26H43NO. The Morgan fingerprint density at radius 1 is 1.14 bits per heavy atom. The number of carbonyl (C=O) groups excluding carboxylic acids is 1. The van der Waals surface area contributed by atoms with Gasteiger partial charge in [0.25, 0.3) is 0 Å². The van der Waals surface area contributed by atoms with Gasteiger partial charge in [-0.1, -0.05) is 38.8 Å². The molecule has 1 amide bonds. The maximum Gasteiger partial charge on any atom is 0.222 e. The first kappa shape index (κ1) is 20.5. The number of fused-ring (bicyclic) bond motifs is 5. The highest BCUT2D eigenvalue weighted by Gasteiger charge is 2.58. The molecule has 0 aromatic heterocycles. The highest BCUT2D eigenvalue weighted by Crippen LogP contribution is 2.67. The van der Waals surface area contributed by atoms with Gasteiger partial charge < -0.3 is 4.90 Å². The zero-order chi connectivity index (χ0) is 20.1. The number of hydrogen-bond donors (Lipinski definition) is 0. The number of carbonyl (C=O) groups is 1. The topological polar surface area (TPSA) is 20.3 Å². The Hall–Kier alpha value is -0.790. The minimum absolute atomic E-state index is 0.297. The molecule has 0 spiro atoms. The maximum absolute atomic E-state index is 12.1. The zero-order valence-electron chi connectivity index (χ0n) is 19.1. The molecule has 0 aromatic rings. The number of allylic oxidation sites excluding steroid dienone is 2. The summed E-state index contributed by atoms with van der Waals surface area (Å²) in [4.78, 5) is 13.9. The highest BCUT2D eigenvalue weighted by molar-refractivity contribution is 5.75. The molecule has 0 N–H and O–H groups in total. The van der Waals surface area contributed by atoms with Crippen molar-refractivity contribution in [1.29, 1.82) is 0 Å². The van der Waals surface area contributed by atoms with E-state index in [1.165, 1.54) is 57.8 Å². The van der Waals surface area contributed by atoms with Crippen molar-refractivity contribution in [3.05, 3.63) is 11.6 Å². The molecule has 7 atom stereocenters. The number of amides is 1. The van der Waals surface area contributed by atoms with Crippen LogP contribution in [0.5, 0.6) is 0 Å². The van der Waals surface area contributed by atoms with Crippen LogP contribution in [0.3, 0.4) is 0 Å². The summed E-state index contributed by atoms with van der Waals surface area (Å²) in [6, 6.07) is 0. The fourth-order valence-corrected chi connectivity index (χ4v) is 8.45. The van der Waals surface area contributed by atoms with Crippen LogP contribution in [0.25, 0.3) is 0 Å². The third kappa shape index (κ3) is 3.18. The Morgan fingerprint density at radius 2 is 1.93 bits per heavy atom. The molecule has 0 saturated heterocycles. The molecule has 2 nitrogen and oxygen atoms in total. The normalized spacial score (nSPS) is 43.4. The van der Waals surface area contributed by atoms with Crippen molar-refractivity contribution in [1.82, 2.24) is 4.90 Å². The minimum Gasteiger partial charge on any atom is -0.349 e. The molecule has 4 rings (SSSR count). The van der Waals surface area contributed by atoms with Crippen LogP contribution in [-0.2, 0) is 4.79 Å². The second-order valence-corrected chi connectivity index (χ2v) is 11.5. The molecule has 0 aliphatic heterocycles. The zero-order valence-corrected chi connectivity index (χ0v) is 19.1. The Morgan fingerprint density at radius 3 is 2.68 bits per heavy atom. The van der Waals surface area contributed by atoms with Crippen LogP contribution in [0.2, 0.25) is 0 Å². The van der Waals surface area contributed by atoms with Crippen molar-refractivity contribution in [2.24, 2.45) is 40.4 Å². The van der Waals surface area contributed by atoms with Gasteiger partial charge in [-0.15, -0.1) is 0 Å². The van der Waals surface area contributed by atoms with Crippen LogP contribution in [0.1, 0.15) is 91.4 Å². The summed E-state index contributed by atoms with van der Waals surface area (Å²) >= 11 is 0. The van der Waals surface area contributed by atoms with Gasteiger partial charge in [-0.2, -0.15) is 0 Å². The molecule has 4 aliphatic carbocycles. The molecule has 28 heavy (non-hydrogen) atoms. The van der Waals surface area contributed by atoms with E-state index in [9.17, 15) is 4.79 Å². The molecule has 0 aromatic carbocycles. The largest absolute Gasteiger partial charge is 0.349 e. The summed E-state index contributed by atoms with van der Waals surface area (Å²) in [7, 11) is 3.77. The average Bonchev–Trinajstić information content (AvgIpc) is 3.02. The van der Waals surface area contributed by atoms with Crippen LogP contribution in [-0.4, -0.2) is 24.9 Å². The lowest BCUT2D eigenvalue weighted by Crippen LogP contribution is -2.50. The fourth-order valence-electron chi connectivity index (χ4n) is 8.45. The van der Waals surface area contributed by atoms with Crippen molar-refractivity contribution >= 4 is 5.91 Å². The van der Waals surface area contributed by atoms with E-state index in [0.717, 1.165) is 36.5 Å². The Kier molecular flexibility index (Phi) is 5.47. The van der Waals surface area contributed by atoms with E-state index in [-0.39, 0.29) is 0 Å². The summed E-state index contributed by atoms with van der Waals surface area (Å²) in [5.41, 5.74) is 2.86. The fraction of sp³-hybridized carbons (Fsp3) is 0.885. The molecular weight excluding hydrogens is 342 g/mol. The molecule has 2 heteroatoms. The Labute approximate surface area is 173 Å². The summed E-state index contributed by atoms with van der Waals surface area (Å²) in [6.07, 6.45) is 17.2. The van der Waals surface area contributed by atoms with Gasteiger partial charge in [-0.25, -0.2) is 0 Å². The first-order valence-corrected chi connectivity index (χ1v) is 12.2. The maximum atomic E-state index is 12.1. The predicted molar refractivity (Wildman–Crippen MR) is 117 cm³/mol. The number of nitrogens with zero attached hydrogens (tertiary/aromatic N) is 1. The van der Waals surface area contributed by atoms with E-state index < -0.39 is 0 Å². The van der Waals surface area contributed by atoms with Crippen LogP contribution in [0.4, 0.5) is 0 Å². The standard InChI is InChI=1S/C26H43NO/c1-18(9-14-24(28)27(4)5)21-12-13-22-20-11-10-19-8-6-7-16-25(19,2)23(20)15-17-26(21,22)3/h10,18,20-23H,6-9,11-17H2,1-5H3. The first-order chi connectivity index (χ1) is 13.3. The molecule has 0 radical (unpaired) electrons. The van der Waals surface area contributed by atoms with Crippen molar-refractivity contribution in [2.75, 3.05) is 14.1 Å². The summed E-state index contributed by atoms with van der Waals surface area (Å²) < 4.78 is 0. The van der Waals surface area contributed by atoms with Gasteiger partial charge >= 0.3 is 0 Å². The monoisotopic (exact) mass is 385 g/mol. The van der Waals surface area contributed by atoms with Crippen molar-refractivity contribution in [2.45, 2.75) is 91.4 Å². The summed E-state index contributed by atoms with van der Waals surface area (Å²) in [6.45, 7) is 7.70. The second-order valence-electron chi connectivity index (χ2n) is 11.5. The molecule has 7 unspecified atom stereocenters. The summed E-state index contributed by atoms with van der Waals surface area (Å²) in [5.74, 6) is 4.57. The Bertz CT molecular complexity index is 636. The van der Waals surface area contributed by atoms with Gasteiger partial charge in [-0.3, -0.25) is 4.79 Å². The average molecular weight is 386 g/mol. The second kappa shape index (κ2) is 7.47. The first-order valence-electron chi connectivity index (χ1n) is 12.2. The minimum atomic E-state index is 0.297. The van der Waals surface area contributed by atoms with Crippen LogP contribution < -0.4 is 0 Å². The van der Waals surface area contributed by atoms with Gasteiger partial charge in [0.15, 0.2) is 0 Å². The highest BCUT2D eigenvalue weighted by atomic mass is 16.2. The number of hydrogen-bond acceptors (Lipinski definition) is 1. The molecule has 0 heterocycles. The van der Waals surface area contributed by atoms with E-state index in [0.29, 0.717) is 22.7 Å². The summed E-state index contributed by atoms with van der Waals surface area (Å²) in [5, 5.41) is 0. The van der Waals surface area contributed by atoms with E-state index >= 15 is 0 Å². The van der Waals surface area contributed by atoms with Crippen LogP contribution in [0, 0.1) is 40.4 Å². The van der Waals surface area contributed by atoms with Crippen molar-refractivity contribution < 1.29 is 4.79 Å². The van der Waals surface area contributed by atoms with E-state index in [1.807, 2.05) is 19.7 Å². The van der Waals surface area contributed by atoms with E-state index in [4.69, 9.17) is 0 Å². The number of rotatable bonds is 4. The smallest absolute Gasteiger partial charge is 0.222 e. The van der Waals surface area contributed by atoms with Crippen LogP contribution >= 0.6 is 0 Å². The SMILES string of the molecule is CC(CCC(=O)N(C)C)C1CCC2C3CC=C4CCCCC4(C)C3CCC12C. The van der Waals surface area contributed by atoms with E-state index in [1.54, 1.807) is 4.90 Å². The van der Waals surface area contributed by atoms with Gasteiger partial charge in [0.05, 0.1) is 0 Å². The lowest BCUT2D eigenvalue weighted by molar-refractivity contribution is -0.129. The van der Waals surface area contributed by atoms with Gasteiger partial charge in [0.1, 0.15) is 0 Å². The van der Waals surface area contributed by atoms with Gasteiger partial charge in [-0.05, 0) is 98.2 Å². The van der Waals surface area contributed by atoms with Crippen molar-refractivity contribution in [3.63, 3.8) is 0 Å². The third-order valence-corrected chi connectivity index (χ3v) is 10.1. The van der Waals surface area contributed by atoms with Gasteiger partial charge in [0.2, 0.25) is 5.91 Å². The predicted octanol–water partition coefficient (Wildman–Crippen LogP) is 6.46. The third-order valence-electron chi connectivity index (χ3n) is 10.1. The quantitative estimate of drug-likeness (QED) is 0.508. The lowest BCUT2D eigenvalue weighted by Gasteiger charge is -2.58. The molecule has 3 saturated carbocycles. The van der Waals surface area contributed by atoms with Crippen LogP contribution in [0.15, 0.2) is 11.6 Å². The van der Waals surface area contributed by atoms with Crippen molar-refractivity contribution in [3.8, 4) is 0 Å². The van der Waals surface area contributed by atoms with E-state index in [2.05, 4.69) is 26.8 Å². The lowest BCUT2D eigenvalue weighted by atomic mass is 9.47. The molecule has 4 aliphatic rings. The molecule has 0 bridgehead atoms. The Balaban J connectivity index is 1.49.